The van der Waals surface area contributed by atoms with Crippen molar-refractivity contribution in [2.75, 3.05) is 24.2 Å². The van der Waals surface area contributed by atoms with Gasteiger partial charge in [-0.25, -0.2) is 13.4 Å². The first-order chi connectivity index (χ1) is 9.71. The molecule has 7 heteroatoms. The number of methoxy groups -OCH3 is 1. The molecule has 116 valence electrons. The lowest BCUT2D eigenvalue weighted by Crippen LogP contribution is -2.19. The van der Waals surface area contributed by atoms with Gasteiger partial charge in [-0.3, -0.25) is 4.72 Å². The molecule has 1 heterocycles. The molecule has 0 spiro atoms. The van der Waals surface area contributed by atoms with E-state index < -0.39 is 10.0 Å². The van der Waals surface area contributed by atoms with Crippen LogP contribution in [-0.2, 0) is 20.2 Å². The van der Waals surface area contributed by atoms with Crippen molar-refractivity contribution in [1.82, 2.24) is 9.97 Å². The molecule has 0 radical (unpaired) electrons. The van der Waals surface area contributed by atoms with Gasteiger partial charge in [0.2, 0.25) is 10.0 Å². The van der Waals surface area contributed by atoms with Gasteiger partial charge >= 0.3 is 0 Å². The van der Waals surface area contributed by atoms with Gasteiger partial charge in [-0.1, -0.05) is 20.8 Å². The van der Waals surface area contributed by atoms with E-state index in [1.807, 2.05) is 0 Å². The summed E-state index contributed by atoms with van der Waals surface area (Å²) in [5.74, 6) is 0.800. The lowest BCUT2D eigenvalue weighted by atomic mass is 9.96. The van der Waals surface area contributed by atoms with Gasteiger partial charge in [0.25, 0.3) is 0 Å². The number of aromatic nitrogens is 2. The van der Waals surface area contributed by atoms with Crippen LogP contribution in [0.1, 0.15) is 26.6 Å². The topological polar surface area (TPSA) is 84.1 Å². The Balaban J connectivity index is 2.27. The standard InChI is InChI=1S/C14H21N3O3S/c1-14(2,3)13-15-11-6-5-10(9-12(11)16-13)17-21(18,19)8-7-20-4/h5-6,9,17H,7-8H2,1-4H3,(H,15,16). The molecule has 0 saturated carbocycles. The van der Waals surface area contributed by atoms with E-state index in [-0.39, 0.29) is 17.8 Å². The summed E-state index contributed by atoms with van der Waals surface area (Å²) >= 11 is 0. The third-order valence-electron chi connectivity index (χ3n) is 3.02. The fourth-order valence-corrected chi connectivity index (χ4v) is 2.83. The van der Waals surface area contributed by atoms with Crippen molar-refractivity contribution in [3.8, 4) is 0 Å². The molecule has 0 fully saturated rings. The largest absolute Gasteiger partial charge is 0.384 e. The number of hydrogen-bond donors (Lipinski definition) is 2. The van der Waals surface area contributed by atoms with E-state index in [0.29, 0.717) is 5.69 Å². The summed E-state index contributed by atoms with van der Waals surface area (Å²) in [7, 11) is -1.92. The Bertz CT molecular complexity index is 729. The van der Waals surface area contributed by atoms with E-state index in [9.17, 15) is 8.42 Å². The van der Waals surface area contributed by atoms with Gasteiger partial charge in [-0.05, 0) is 18.2 Å². The molecule has 2 N–H and O–H groups in total. The molecule has 0 saturated heterocycles. The normalized spacial score (nSPS) is 12.8. The lowest BCUT2D eigenvalue weighted by molar-refractivity contribution is 0.217. The van der Waals surface area contributed by atoms with Crippen molar-refractivity contribution >= 4 is 26.7 Å². The molecule has 0 bridgehead atoms. The fraction of sp³-hybridized carbons (Fsp3) is 0.500. The Hall–Kier alpha value is -1.60. The van der Waals surface area contributed by atoms with Crippen LogP contribution in [0.25, 0.3) is 11.0 Å². The maximum Gasteiger partial charge on any atom is 0.235 e. The highest BCUT2D eigenvalue weighted by Crippen LogP contribution is 2.24. The number of hydrogen-bond acceptors (Lipinski definition) is 4. The minimum atomic E-state index is -3.40. The molecule has 2 aromatic rings. The van der Waals surface area contributed by atoms with E-state index in [2.05, 4.69) is 35.5 Å². The van der Waals surface area contributed by atoms with Crippen LogP contribution in [0, 0.1) is 0 Å². The first-order valence-electron chi connectivity index (χ1n) is 6.71. The van der Waals surface area contributed by atoms with Crippen LogP contribution in [0.15, 0.2) is 18.2 Å². The highest BCUT2D eigenvalue weighted by Gasteiger charge is 2.18. The molecule has 1 aromatic heterocycles. The van der Waals surface area contributed by atoms with Crippen molar-refractivity contribution in [3.63, 3.8) is 0 Å². The molecule has 0 aliphatic carbocycles. The number of ether oxygens (including phenoxy) is 1. The number of anilines is 1. The number of rotatable bonds is 5. The minimum Gasteiger partial charge on any atom is -0.384 e. The maximum atomic E-state index is 11.8. The van der Waals surface area contributed by atoms with Crippen LogP contribution in [0.5, 0.6) is 0 Å². The van der Waals surface area contributed by atoms with Crippen molar-refractivity contribution < 1.29 is 13.2 Å². The SMILES string of the molecule is COCCS(=O)(=O)Nc1ccc2nc(C(C)(C)C)[nH]c2c1. The van der Waals surface area contributed by atoms with Gasteiger partial charge in [0, 0.05) is 12.5 Å². The Kier molecular flexibility index (Phi) is 4.25. The van der Waals surface area contributed by atoms with Crippen LogP contribution in [0.4, 0.5) is 5.69 Å². The maximum absolute atomic E-state index is 11.8. The van der Waals surface area contributed by atoms with Gasteiger partial charge in [0.05, 0.1) is 29.1 Å². The average Bonchev–Trinajstić information content (AvgIpc) is 2.79. The van der Waals surface area contributed by atoms with E-state index >= 15 is 0 Å². The van der Waals surface area contributed by atoms with Crippen LogP contribution >= 0.6 is 0 Å². The third kappa shape index (κ3) is 3.95. The number of benzene rings is 1. The molecule has 0 amide bonds. The van der Waals surface area contributed by atoms with E-state index in [1.54, 1.807) is 18.2 Å². The molecule has 21 heavy (non-hydrogen) atoms. The highest BCUT2D eigenvalue weighted by molar-refractivity contribution is 7.92. The molecule has 2 rings (SSSR count). The molecular weight excluding hydrogens is 290 g/mol. The smallest absolute Gasteiger partial charge is 0.235 e. The lowest BCUT2D eigenvalue weighted by Gasteiger charge is -2.13. The van der Waals surface area contributed by atoms with Gasteiger partial charge in [0.1, 0.15) is 5.82 Å². The molecule has 6 nitrogen and oxygen atoms in total. The predicted octanol–water partition coefficient (Wildman–Crippen LogP) is 2.25. The summed E-state index contributed by atoms with van der Waals surface area (Å²) in [4.78, 5) is 7.75. The zero-order chi connectivity index (χ0) is 15.7. The Labute approximate surface area is 125 Å². The monoisotopic (exact) mass is 311 g/mol. The summed E-state index contributed by atoms with van der Waals surface area (Å²) in [6.45, 7) is 6.37. The molecule has 0 unspecified atom stereocenters. The van der Waals surface area contributed by atoms with Gasteiger partial charge in [0.15, 0.2) is 0 Å². The summed E-state index contributed by atoms with van der Waals surface area (Å²) < 4.78 is 31.0. The van der Waals surface area contributed by atoms with Crippen molar-refractivity contribution in [2.45, 2.75) is 26.2 Å². The molecule has 1 aromatic carbocycles. The van der Waals surface area contributed by atoms with E-state index in [4.69, 9.17) is 4.74 Å². The second-order valence-electron chi connectivity index (χ2n) is 5.98. The Morgan fingerprint density at radius 2 is 2.05 bits per heavy atom. The van der Waals surface area contributed by atoms with Crippen LogP contribution in [-0.4, -0.2) is 37.9 Å². The van der Waals surface area contributed by atoms with Crippen LogP contribution < -0.4 is 4.72 Å². The first kappa shape index (κ1) is 15.8. The van der Waals surface area contributed by atoms with Gasteiger partial charge in [-0.2, -0.15) is 0 Å². The molecular formula is C14H21N3O3S. The van der Waals surface area contributed by atoms with Gasteiger partial charge < -0.3 is 9.72 Å². The second kappa shape index (κ2) is 5.65. The number of H-pyrrole nitrogens is 1. The van der Waals surface area contributed by atoms with E-state index in [1.165, 1.54) is 7.11 Å². The van der Waals surface area contributed by atoms with E-state index in [0.717, 1.165) is 16.9 Å². The fourth-order valence-electron chi connectivity index (χ4n) is 1.85. The number of fused-ring (bicyclic) bond motifs is 1. The molecule has 0 atom stereocenters. The zero-order valence-corrected chi connectivity index (χ0v) is 13.5. The number of aromatic amines is 1. The molecule has 0 aliphatic rings. The number of nitrogens with one attached hydrogen (secondary N) is 2. The molecule has 0 aliphatic heterocycles. The second-order valence-corrected chi connectivity index (χ2v) is 7.82. The summed E-state index contributed by atoms with van der Waals surface area (Å²) in [5.41, 5.74) is 2.06. The summed E-state index contributed by atoms with van der Waals surface area (Å²) in [6, 6.07) is 5.26. The van der Waals surface area contributed by atoms with Crippen LogP contribution in [0.2, 0.25) is 0 Å². The minimum absolute atomic E-state index is 0.0717. The zero-order valence-electron chi connectivity index (χ0n) is 12.7. The predicted molar refractivity (Wildman–Crippen MR) is 84.1 cm³/mol. The van der Waals surface area contributed by atoms with Crippen molar-refractivity contribution in [3.05, 3.63) is 24.0 Å². The quantitative estimate of drug-likeness (QED) is 0.887. The number of imidazole rings is 1. The summed E-state index contributed by atoms with van der Waals surface area (Å²) in [6.07, 6.45) is 0. The average molecular weight is 311 g/mol. The number of nitrogens with zero attached hydrogens (tertiary/aromatic N) is 1. The number of sulfonamides is 1. The Morgan fingerprint density at radius 3 is 2.67 bits per heavy atom. The third-order valence-corrected chi connectivity index (χ3v) is 4.27. The van der Waals surface area contributed by atoms with Crippen LogP contribution in [0.3, 0.4) is 0 Å². The van der Waals surface area contributed by atoms with Gasteiger partial charge in [-0.15, -0.1) is 0 Å². The summed E-state index contributed by atoms with van der Waals surface area (Å²) in [5, 5.41) is 0. The van der Waals surface area contributed by atoms with Crippen molar-refractivity contribution in [2.24, 2.45) is 0 Å². The Morgan fingerprint density at radius 1 is 1.33 bits per heavy atom. The highest BCUT2D eigenvalue weighted by atomic mass is 32.2. The first-order valence-corrected chi connectivity index (χ1v) is 8.36. The van der Waals surface area contributed by atoms with Crippen molar-refractivity contribution in [1.29, 1.82) is 0 Å².